The summed E-state index contributed by atoms with van der Waals surface area (Å²) in [4.78, 5) is 0. The van der Waals surface area contributed by atoms with Gasteiger partial charge in [-0.3, -0.25) is 4.68 Å². The third kappa shape index (κ3) is 3.24. The standard InChI is InChI=1S/C10H11F3N4O3S/c1-6-7(4-14-20-6)5-15-21(18,19)9-3-8(10(11,12)13)16-17(9)2/h3-4,15H,5H2,1-2H3. The van der Waals surface area contributed by atoms with Crippen molar-refractivity contribution >= 4 is 10.0 Å². The molecule has 0 saturated heterocycles. The van der Waals surface area contributed by atoms with Crippen molar-refractivity contribution in [2.24, 2.45) is 7.05 Å². The van der Waals surface area contributed by atoms with E-state index in [9.17, 15) is 21.6 Å². The van der Waals surface area contributed by atoms with Gasteiger partial charge in [0.05, 0.1) is 6.20 Å². The van der Waals surface area contributed by atoms with Crippen LogP contribution in [0.3, 0.4) is 0 Å². The lowest BCUT2D eigenvalue weighted by atomic mass is 10.3. The first-order valence-corrected chi connectivity index (χ1v) is 7.10. The quantitative estimate of drug-likeness (QED) is 0.913. The van der Waals surface area contributed by atoms with Crippen molar-refractivity contribution in [2.45, 2.75) is 24.7 Å². The molecule has 0 aliphatic carbocycles. The van der Waals surface area contributed by atoms with Crippen molar-refractivity contribution in [3.05, 3.63) is 29.3 Å². The molecule has 0 unspecified atom stereocenters. The van der Waals surface area contributed by atoms with Gasteiger partial charge in [0, 0.05) is 25.2 Å². The van der Waals surface area contributed by atoms with Crippen molar-refractivity contribution in [2.75, 3.05) is 0 Å². The van der Waals surface area contributed by atoms with Crippen LogP contribution >= 0.6 is 0 Å². The molecule has 0 aromatic carbocycles. The van der Waals surface area contributed by atoms with Crippen molar-refractivity contribution in [1.82, 2.24) is 19.7 Å². The smallest absolute Gasteiger partial charge is 0.361 e. The topological polar surface area (TPSA) is 90.0 Å². The number of hydrogen-bond acceptors (Lipinski definition) is 5. The minimum Gasteiger partial charge on any atom is -0.361 e. The summed E-state index contributed by atoms with van der Waals surface area (Å²) in [6, 6.07) is 0.475. The summed E-state index contributed by atoms with van der Waals surface area (Å²) in [5.41, 5.74) is -0.789. The van der Waals surface area contributed by atoms with E-state index in [2.05, 4.69) is 15.0 Å². The molecule has 0 atom stereocenters. The third-order valence-corrected chi connectivity index (χ3v) is 4.16. The fourth-order valence-electron chi connectivity index (χ4n) is 1.58. The molecule has 11 heteroatoms. The Balaban J connectivity index is 2.24. The van der Waals surface area contributed by atoms with Gasteiger partial charge in [-0.15, -0.1) is 0 Å². The Labute approximate surface area is 117 Å². The minimum absolute atomic E-state index is 0.149. The van der Waals surface area contributed by atoms with Crippen LogP contribution in [0.1, 0.15) is 17.0 Å². The largest absolute Gasteiger partial charge is 0.435 e. The predicted octanol–water partition coefficient (Wildman–Crippen LogP) is 1.21. The molecule has 0 radical (unpaired) electrons. The molecule has 21 heavy (non-hydrogen) atoms. The highest BCUT2D eigenvalue weighted by molar-refractivity contribution is 7.89. The molecule has 0 amide bonds. The van der Waals surface area contributed by atoms with E-state index < -0.39 is 26.9 Å². The Morgan fingerprint density at radius 3 is 2.57 bits per heavy atom. The van der Waals surface area contributed by atoms with Crippen LogP contribution in [-0.4, -0.2) is 23.4 Å². The second-order valence-electron chi connectivity index (χ2n) is 4.22. The normalized spacial score (nSPS) is 12.8. The molecule has 0 spiro atoms. The van der Waals surface area contributed by atoms with Crippen LogP contribution in [0.25, 0.3) is 0 Å². The molecular formula is C10H11F3N4O3S. The Morgan fingerprint density at radius 1 is 1.43 bits per heavy atom. The van der Waals surface area contributed by atoms with E-state index in [1.54, 1.807) is 6.92 Å². The van der Waals surface area contributed by atoms with Crippen LogP contribution in [0.2, 0.25) is 0 Å². The number of alkyl halides is 3. The first kappa shape index (κ1) is 15.5. The van der Waals surface area contributed by atoms with E-state index in [0.717, 1.165) is 7.05 Å². The number of sulfonamides is 1. The van der Waals surface area contributed by atoms with Crippen LogP contribution in [0.15, 0.2) is 21.8 Å². The molecule has 7 nitrogen and oxygen atoms in total. The lowest BCUT2D eigenvalue weighted by Crippen LogP contribution is -2.25. The maximum atomic E-state index is 12.5. The second-order valence-corrected chi connectivity index (χ2v) is 5.93. The van der Waals surface area contributed by atoms with Gasteiger partial charge in [-0.1, -0.05) is 5.16 Å². The maximum Gasteiger partial charge on any atom is 0.435 e. The highest BCUT2D eigenvalue weighted by Gasteiger charge is 2.36. The molecule has 1 N–H and O–H groups in total. The van der Waals surface area contributed by atoms with Gasteiger partial charge in [-0.05, 0) is 6.92 Å². The monoisotopic (exact) mass is 324 g/mol. The van der Waals surface area contributed by atoms with Gasteiger partial charge in [0.15, 0.2) is 10.7 Å². The van der Waals surface area contributed by atoms with Crippen LogP contribution in [0.5, 0.6) is 0 Å². The predicted molar refractivity (Wildman–Crippen MR) is 63.5 cm³/mol. The zero-order valence-corrected chi connectivity index (χ0v) is 11.8. The van der Waals surface area contributed by atoms with Crippen molar-refractivity contribution in [1.29, 1.82) is 0 Å². The van der Waals surface area contributed by atoms with E-state index in [0.29, 0.717) is 22.1 Å². The second kappa shape index (κ2) is 5.15. The molecule has 116 valence electrons. The third-order valence-electron chi connectivity index (χ3n) is 2.71. The maximum absolute atomic E-state index is 12.5. The summed E-state index contributed by atoms with van der Waals surface area (Å²) in [5, 5.41) is 6.05. The highest BCUT2D eigenvalue weighted by Crippen LogP contribution is 2.29. The number of hydrogen-bond donors (Lipinski definition) is 1. The molecule has 0 bridgehead atoms. The summed E-state index contributed by atoms with van der Waals surface area (Å²) in [5.74, 6) is 0.415. The van der Waals surface area contributed by atoms with Crippen molar-refractivity contribution in [3.8, 4) is 0 Å². The van der Waals surface area contributed by atoms with Crippen molar-refractivity contribution in [3.63, 3.8) is 0 Å². The van der Waals surface area contributed by atoms with Crippen LogP contribution in [-0.2, 0) is 29.8 Å². The molecular weight excluding hydrogens is 313 g/mol. The summed E-state index contributed by atoms with van der Waals surface area (Å²) in [6.07, 6.45) is -3.39. The summed E-state index contributed by atoms with van der Waals surface area (Å²) in [6.45, 7) is 1.44. The number of rotatable bonds is 4. The van der Waals surface area contributed by atoms with Crippen LogP contribution < -0.4 is 4.72 Å². The van der Waals surface area contributed by atoms with Gasteiger partial charge in [0.25, 0.3) is 10.0 Å². The number of aromatic nitrogens is 3. The van der Waals surface area contributed by atoms with E-state index in [1.165, 1.54) is 6.20 Å². The van der Waals surface area contributed by atoms with E-state index in [1.807, 2.05) is 0 Å². The molecule has 0 aliphatic rings. The van der Waals surface area contributed by atoms with Gasteiger partial charge < -0.3 is 4.52 Å². The SMILES string of the molecule is Cc1oncc1CNS(=O)(=O)c1cc(C(F)(F)F)nn1C. The zero-order valence-electron chi connectivity index (χ0n) is 11.0. The Morgan fingerprint density at radius 2 is 2.10 bits per heavy atom. The fraction of sp³-hybridized carbons (Fsp3) is 0.400. The first-order valence-electron chi connectivity index (χ1n) is 5.62. The van der Waals surface area contributed by atoms with E-state index in [4.69, 9.17) is 4.52 Å². The molecule has 2 aromatic heterocycles. The molecule has 2 rings (SSSR count). The Hall–Kier alpha value is -1.88. The van der Waals surface area contributed by atoms with Gasteiger partial charge in [-0.25, -0.2) is 13.1 Å². The van der Waals surface area contributed by atoms with Gasteiger partial charge in [0.1, 0.15) is 5.76 Å². The van der Waals surface area contributed by atoms with Gasteiger partial charge in [-0.2, -0.15) is 18.3 Å². The van der Waals surface area contributed by atoms with E-state index >= 15 is 0 Å². The molecule has 0 fully saturated rings. The fourth-order valence-corrected chi connectivity index (χ4v) is 2.72. The lowest BCUT2D eigenvalue weighted by Gasteiger charge is -2.05. The van der Waals surface area contributed by atoms with Crippen LogP contribution in [0.4, 0.5) is 13.2 Å². The number of nitrogens with one attached hydrogen (secondary N) is 1. The summed E-state index contributed by atoms with van der Waals surface area (Å²) < 4.78 is 69.2. The summed E-state index contributed by atoms with van der Waals surface area (Å²) in [7, 11) is -3.02. The zero-order chi connectivity index (χ0) is 15.8. The average Bonchev–Trinajstić information content (AvgIpc) is 2.92. The number of nitrogens with zero attached hydrogens (tertiary/aromatic N) is 3. The van der Waals surface area contributed by atoms with E-state index in [-0.39, 0.29) is 6.54 Å². The Bertz CT molecular complexity index is 748. The minimum atomic E-state index is -4.71. The lowest BCUT2D eigenvalue weighted by molar-refractivity contribution is -0.141. The van der Waals surface area contributed by atoms with Crippen molar-refractivity contribution < 1.29 is 26.1 Å². The molecule has 0 aliphatic heterocycles. The summed E-state index contributed by atoms with van der Waals surface area (Å²) >= 11 is 0. The molecule has 0 saturated carbocycles. The average molecular weight is 324 g/mol. The molecule has 2 heterocycles. The Kier molecular flexibility index (Phi) is 3.80. The van der Waals surface area contributed by atoms with Gasteiger partial charge >= 0.3 is 6.18 Å². The number of halogens is 3. The van der Waals surface area contributed by atoms with Gasteiger partial charge in [0.2, 0.25) is 0 Å². The van der Waals surface area contributed by atoms with Crippen LogP contribution in [0, 0.1) is 6.92 Å². The number of aryl methyl sites for hydroxylation is 2. The molecule has 2 aromatic rings. The first-order chi connectivity index (χ1) is 9.61. The highest BCUT2D eigenvalue weighted by atomic mass is 32.2.